The molecule has 5 rings (SSSR count). The molecular weight excluding hydrogens is 673 g/mol. The summed E-state index contributed by atoms with van der Waals surface area (Å²) in [4.78, 5) is 49.8. The van der Waals surface area contributed by atoms with E-state index in [2.05, 4.69) is 58.1 Å². The van der Waals surface area contributed by atoms with Gasteiger partial charge in [-0.25, -0.2) is 4.98 Å². The van der Waals surface area contributed by atoms with Crippen molar-refractivity contribution in [1.82, 2.24) is 31.2 Å². The number of nitrogens with zero attached hydrogens (tertiary/aromatic N) is 2. The van der Waals surface area contributed by atoms with Crippen LogP contribution in [0.1, 0.15) is 75.0 Å². The van der Waals surface area contributed by atoms with Gasteiger partial charge in [-0.05, 0) is 60.0 Å². The predicted octanol–water partition coefficient (Wildman–Crippen LogP) is 5.23. The molecule has 0 aliphatic carbocycles. The Labute approximate surface area is 311 Å². The van der Waals surface area contributed by atoms with Crippen molar-refractivity contribution in [2.45, 2.75) is 88.6 Å². The number of hydrogen-bond acceptors (Lipinski definition) is 8. The van der Waals surface area contributed by atoms with Crippen LogP contribution in [-0.4, -0.2) is 75.4 Å². The Bertz CT molecular complexity index is 1780. The Hall–Kier alpha value is -4.32. The van der Waals surface area contributed by atoms with E-state index in [0.29, 0.717) is 17.2 Å². The molecule has 5 unspecified atom stereocenters. The number of hydrogen-bond donors (Lipinski definition) is 5. The number of piperidine rings is 1. The molecule has 1 aliphatic heterocycles. The third-order valence-corrected chi connectivity index (χ3v) is 11.0. The highest BCUT2D eigenvalue weighted by molar-refractivity contribution is 7.99. The van der Waals surface area contributed by atoms with Crippen LogP contribution in [0.2, 0.25) is 0 Å². The lowest BCUT2D eigenvalue weighted by Crippen LogP contribution is -2.59. The van der Waals surface area contributed by atoms with E-state index in [4.69, 9.17) is 0 Å². The number of aromatic nitrogens is 2. The summed E-state index contributed by atoms with van der Waals surface area (Å²) in [5.74, 6) is -0.845. The van der Waals surface area contributed by atoms with Gasteiger partial charge in [0, 0.05) is 41.2 Å². The molecule has 11 heteroatoms. The van der Waals surface area contributed by atoms with E-state index in [9.17, 15) is 19.5 Å². The Morgan fingerprint density at radius 3 is 2.42 bits per heavy atom. The van der Waals surface area contributed by atoms with E-state index in [1.54, 1.807) is 12.3 Å². The minimum atomic E-state index is -1.14. The number of nitrogens with one attached hydrogen (secondary N) is 4. The van der Waals surface area contributed by atoms with Gasteiger partial charge in [0.1, 0.15) is 11.7 Å². The lowest BCUT2D eigenvalue weighted by atomic mass is 9.70. The maximum Gasteiger partial charge on any atom is 0.270 e. The lowest BCUT2D eigenvalue weighted by Gasteiger charge is -2.41. The van der Waals surface area contributed by atoms with E-state index in [1.165, 1.54) is 0 Å². The minimum Gasteiger partial charge on any atom is -0.389 e. The highest BCUT2D eigenvalue weighted by Gasteiger charge is 2.40. The number of aliphatic hydroxyl groups is 1. The average molecular weight is 725 g/mol. The second kappa shape index (κ2) is 17.9. The molecule has 2 aromatic heterocycles. The molecule has 3 heterocycles. The number of carbonyl (C=O) groups is 3. The predicted molar refractivity (Wildman–Crippen MR) is 208 cm³/mol. The number of thioether (sulfide) groups is 1. The molecule has 3 amide bonds. The number of amides is 3. The van der Waals surface area contributed by atoms with Crippen molar-refractivity contribution in [3.8, 4) is 0 Å². The van der Waals surface area contributed by atoms with Gasteiger partial charge in [-0.15, -0.1) is 0 Å². The Balaban J connectivity index is 1.30. The quantitative estimate of drug-likeness (QED) is 0.119. The molecule has 5 N–H and O–H groups in total. The molecule has 0 saturated carbocycles. The van der Waals surface area contributed by atoms with Gasteiger partial charge < -0.3 is 26.4 Å². The number of rotatable bonds is 14. The maximum absolute atomic E-state index is 14.2. The number of benzene rings is 2. The van der Waals surface area contributed by atoms with Gasteiger partial charge in [-0.1, -0.05) is 95.3 Å². The highest BCUT2D eigenvalue weighted by atomic mass is 32.2. The van der Waals surface area contributed by atoms with Crippen LogP contribution >= 0.6 is 11.8 Å². The standard InChI is InChI=1S/C41H52N6O4S/c1-26(2)36(46-39(50)32-18-17-28-13-9-10-16-31(28)45-32)40(51)47-37(35(41(3,4)5)29-14-7-6-8-15-29)34(48)24-44-38(49)33-22-30(19-21-43-33)52-25-27-12-11-20-42-23-27/h6-18,20,23,26,30,33-37,43,48H,19,21-22,24-25H2,1-5H3,(H,44,49)(H,46,50)(H,47,51)/t30?,33?,34?,35?,36-,37?/m0/s1. The summed E-state index contributed by atoms with van der Waals surface area (Å²) in [6, 6.07) is 22.7. The molecule has 0 bridgehead atoms. The van der Waals surface area contributed by atoms with Crippen molar-refractivity contribution in [3.63, 3.8) is 0 Å². The molecule has 0 radical (unpaired) electrons. The summed E-state index contributed by atoms with van der Waals surface area (Å²) in [5.41, 5.74) is 2.59. The lowest BCUT2D eigenvalue weighted by molar-refractivity contribution is -0.126. The summed E-state index contributed by atoms with van der Waals surface area (Å²) < 4.78 is 0. The van der Waals surface area contributed by atoms with E-state index >= 15 is 0 Å². The number of aliphatic hydroxyl groups excluding tert-OH is 1. The van der Waals surface area contributed by atoms with Crippen LogP contribution in [0.3, 0.4) is 0 Å². The Morgan fingerprint density at radius 1 is 0.962 bits per heavy atom. The maximum atomic E-state index is 14.2. The average Bonchev–Trinajstić information content (AvgIpc) is 3.14. The summed E-state index contributed by atoms with van der Waals surface area (Å²) >= 11 is 1.83. The molecular formula is C41H52N6O4S. The SMILES string of the molecule is CC(C)[C@H](NC(=O)c1ccc2ccccc2n1)C(=O)NC(C(O)CNC(=O)C1CC(SCc2cccnc2)CCN1)C(c1ccccc1)C(C)(C)C. The minimum absolute atomic E-state index is 0.0609. The zero-order chi connectivity index (χ0) is 37.3. The summed E-state index contributed by atoms with van der Waals surface area (Å²) in [6.45, 7) is 10.6. The van der Waals surface area contributed by atoms with Crippen LogP contribution in [-0.2, 0) is 15.3 Å². The molecule has 52 heavy (non-hydrogen) atoms. The third-order valence-electron chi connectivity index (χ3n) is 9.61. The van der Waals surface area contributed by atoms with Crippen molar-refractivity contribution >= 4 is 40.4 Å². The summed E-state index contributed by atoms with van der Waals surface area (Å²) in [5, 5.41) is 25.5. The first-order chi connectivity index (χ1) is 24.9. The highest BCUT2D eigenvalue weighted by Crippen LogP contribution is 2.39. The van der Waals surface area contributed by atoms with Gasteiger partial charge in [0.2, 0.25) is 11.8 Å². The van der Waals surface area contributed by atoms with Gasteiger partial charge in [-0.2, -0.15) is 11.8 Å². The monoisotopic (exact) mass is 724 g/mol. The largest absolute Gasteiger partial charge is 0.389 e. The normalized spacial score (nSPS) is 18.6. The van der Waals surface area contributed by atoms with Gasteiger partial charge in [-0.3, -0.25) is 19.4 Å². The van der Waals surface area contributed by atoms with E-state index in [0.717, 1.165) is 35.2 Å². The van der Waals surface area contributed by atoms with Gasteiger partial charge in [0.25, 0.3) is 5.91 Å². The second-order valence-electron chi connectivity index (χ2n) is 15.0. The Kier molecular flexibility index (Phi) is 13.4. The van der Waals surface area contributed by atoms with E-state index in [-0.39, 0.29) is 30.0 Å². The van der Waals surface area contributed by atoms with Crippen LogP contribution in [0.5, 0.6) is 0 Å². The molecule has 1 saturated heterocycles. The van der Waals surface area contributed by atoms with Crippen LogP contribution in [0.4, 0.5) is 0 Å². The van der Waals surface area contributed by atoms with Gasteiger partial charge in [0.15, 0.2) is 0 Å². The molecule has 4 aromatic rings. The van der Waals surface area contributed by atoms with Crippen molar-refractivity contribution in [2.24, 2.45) is 11.3 Å². The van der Waals surface area contributed by atoms with E-state index < -0.39 is 41.5 Å². The van der Waals surface area contributed by atoms with Gasteiger partial charge in [0.05, 0.1) is 23.7 Å². The van der Waals surface area contributed by atoms with Crippen molar-refractivity contribution < 1.29 is 19.5 Å². The Morgan fingerprint density at radius 2 is 1.71 bits per heavy atom. The van der Waals surface area contributed by atoms with Gasteiger partial charge >= 0.3 is 0 Å². The molecule has 2 aromatic carbocycles. The first-order valence-corrected chi connectivity index (χ1v) is 19.2. The molecule has 10 nitrogen and oxygen atoms in total. The number of fused-ring (bicyclic) bond motifs is 1. The second-order valence-corrected chi connectivity index (χ2v) is 16.3. The number of carbonyl (C=O) groups excluding carboxylic acids is 3. The molecule has 0 spiro atoms. The number of para-hydroxylation sites is 1. The first-order valence-electron chi connectivity index (χ1n) is 18.1. The van der Waals surface area contributed by atoms with Crippen molar-refractivity contribution in [1.29, 1.82) is 0 Å². The molecule has 276 valence electrons. The van der Waals surface area contributed by atoms with Crippen LogP contribution in [0, 0.1) is 11.3 Å². The molecule has 1 aliphatic rings. The molecule has 6 atom stereocenters. The summed E-state index contributed by atoms with van der Waals surface area (Å²) in [7, 11) is 0. The summed E-state index contributed by atoms with van der Waals surface area (Å²) in [6.07, 6.45) is 4.12. The number of pyridine rings is 2. The van der Waals surface area contributed by atoms with Crippen molar-refractivity contribution in [2.75, 3.05) is 13.1 Å². The first kappa shape index (κ1) is 38.9. The van der Waals surface area contributed by atoms with Crippen molar-refractivity contribution in [3.05, 3.63) is 108 Å². The zero-order valence-corrected chi connectivity index (χ0v) is 31.5. The fourth-order valence-electron chi connectivity index (χ4n) is 6.89. The molecule has 1 fully saturated rings. The fourth-order valence-corrected chi connectivity index (χ4v) is 8.10. The van der Waals surface area contributed by atoms with Crippen LogP contribution in [0.15, 0.2) is 91.3 Å². The van der Waals surface area contributed by atoms with Crippen LogP contribution < -0.4 is 21.3 Å². The zero-order valence-electron chi connectivity index (χ0n) is 30.7. The topological polar surface area (TPSA) is 145 Å². The third kappa shape index (κ3) is 10.4. The van der Waals surface area contributed by atoms with Crippen LogP contribution in [0.25, 0.3) is 10.9 Å². The van der Waals surface area contributed by atoms with E-state index in [1.807, 2.05) is 98.5 Å². The fraction of sp³-hybridized carbons (Fsp3) is 0.439. The smallest absolute Gasteiger partial charge is 0.270 e.